The first-order chi connectivity index (χ1) is 9.22. The van der Waals surface area contributed by atoms with Gasteiger partial charge in [0.1, 0.15) is 5.82 Å². The lowest BCUT2D eigenvalue weighted by Gasteiger charge is -2.07. The molecule has 3 aromatic rings. The smallest absolute Gasteiger partial charge is 0.273 e. The van der Waals surface area contributed by atoms with Crippen molar-refractivity contribution < 1.29 is 4.39 Å². The third kappa shape index (κ3) is 1.87. The van der Waals surface area contributed by atoms with Crippen molar-refractivity contribution in [3.8, 4) is 5.69 Å². The number of nitrogens with zero attached hydrogens (tertiary/aromatic N) is 1. The highest BCUT2D eigenvalue weighted by Gasteiger charge is 2.13. The van der Waals surface area contributed by atoms with Crippen LogP contribution in [-0.2, 0) is 6.54 Å². The van der Waals surface area contributed by atoms with Crippen LogP contribution in [0.2, 0.25) is 0 Å². The van der Waals surface area contributed by atoms with E-state index in [0.717, 1.165) is 4.70 Å². The van der Waals surface area contributed by atoms with Crippen molar-refractivity contribution >= 4 is 21.6 Å². The molecule has 3 rings (SSSR count). The topological polar surface area (TPSA) is 48.0 Å². The minimum Gasteiger partial charge on any atom is -0.326 e. The highest BCUT2D eigenvalue weighted by molar-refractivity contribution is 7.14. The van der Waals surface area contributed by atoms with Crippen molar-refractivity contribution in [2.75, 3.05) is 0 Å². The maximum Gasteiger partial charge on any atom is 0.273 e. The molecule has 0 saturated carbocycles. The summed E-state index contributed by atoms with van der Waals surface area (Å²) in [4.78, 5) is 12.3. The summed E-state index contributed by atoms with van der Waals surface area (Å²) >= 11 is 1.30. The van der Waals surface area contributed by atoms with Crippen molar-refractivity contribution in [1.82, 2.24) is 3.96 Å². The third-order valence-electron chi connectivity index (χ3n) is 3.01. The summed E-state index contributed by atoms with van der Waals surface area (Å²) in [6.07, 6.45) is 0. The Morgan fingerprint density at radius 3 is 2.68 bits per heavy atom. The number of fused-ring (bicyclic) bond motifs is 1. The summed E-state index contributed by atoms with van der Waals surface area (Å²) < 4.78 is 16.1. The fourth-order valence-corrected chi connectivity index (χ4v) is 3.11. The highest BCUT2D eigenvalue weighted by atomic mass is 32.1. The minimum atomic E-state index is -0.385. The van der Waals surface area contributed by atoms with Crippen molar-refractivity contribution in [3.05, 3.63) is 64.2 Å². The third-order valence-corrected chi connectivity index (χ3v) is 4.11. The van der Waals surface area contributed by atoms with Gasteiger partial charge >= 0.3 is 0 Å². The van der Waals surface area contributed by atoms with E-state index in [1.165, 1.54) is 21.6 Å². The molecule has 5 heteroatoms. The number of hydrogen-bond acceptors (Lipinski definition) is 3. The van der Waals surface area contributed by atoms with Crippen LogP contribution >= 0.6 is 11.5 Å². The van der Waals surface area contributed by atoms with Gasteiger partial charge < -0.3 is 5.73 Å². The number of hydrogen-bond donors (Lipinski definition) is 1. The molecule has 2 N–H and O–H groups in total. The van der Waals surface area contributed by atoms with Gasteiger partial charge in [0.15, 0.2) is 0 Å². The second kappa shape index (κ2) is 4.60. The maximum absolute atomic E-state index is 13.7. The lowest BCUT2D eigenvalue weighted by molar-refractivity contribution is 0.609. The number of nitrogens with two attached hydrogens (primary N) is 1. The molecule has 0 bridgehead atoms. The van der Waals surface area contributed by atoms with E-state index >= 15 is 0 Å². The average molecular weight is 274 g/mol. The van der Waals surface area contributed by atoms with Crippen LogP contribution in [0.1, 0.15) is 5.56 Å². The van der Waals surface area contributed by atoms with E-state index < -0.39 is 0 Å². The van der Waals surface area contributed by atoms with Crippen LogP contribution in [0.5, 0.6) is 0 Å². The zero-order valence-electron chi connectivity index (χ0n) is 9.97. The zero-order valence-corrected chi connectivity index (χ0v) is 10.8. The molecule has 0 aliphatic heterocycles. The Hall–Kier alpha value is -1.98. The molecule has 0 saturated heterocycles. The fraction of sp³-hybridized carbons (Fsp3) is 0.0714. The molecule has 19 heavy (non-hydrogen) atoms. The van der Waals surface area contributed by atoms with E-state index in [0.29, 0.717) is 16.6 Å². The quantitative estimate of drug-likeness (QED) is 0.781. The van der Waals surface area contributed by atoms with Gasteiger partial charge in [0, 0.05) is 12.1 Å². The standard InChI is InChI=1S/C14H11FN2OS/c15-11-5-3-6-12(10(11)8-16)17-14(18)9-4-1-2-7-13(9)19-17/h1-7H,8,16H2. The number of benzene rings is 2. The second-order valence-electron chi connectivity index (χ2n) is 4.13. The van der Waals surface area contributed by atoms with E-state index in [1.54, 1.807) is 18.2 Å². The van der Waals surface area contributed by atoms with Crippen molar-refractivity contribution in [2.45, 2.75) is 6.54 Å². The van der Waals surface area contributed by atoms with Crippen LogP contribution in [0.15, 0.2) is 47.3 Å². The fourth-order valence-electron chi connectivity index (χ4n) is 2.07. The molecule has 0 atom stereocenters. The van der Waals surface area contributed by atoms with Gasteiger partial charge in [0.2, 0.25) is 0 Å². The van der Waals surface area contributed by atoms with Crippen molar-refractivity contribution in [2.24, 2.45) is 5.73 Å². The molecule has 1 aromatic heterocycles. The molecular formula is C14H11FN2OS. The van der Waals surface area contributed by atoms with Gasteiger partial charge in [0.25, 0.3) is 5.56 Å². The molecule has 3 nitrogen and oxygen atoms in total. The molecule has 0 radical (unpaired) electrons. The van der Waals surface area contributed by atoms with Gasteiger partial charge in [-0.1, -0.05) is 29.7 Å². The zero-order chi connectivity index (χ0) is 13.4. The first kappa shape index (κ1) is 12.1. The van der Waals surface area contributed by atoms with Gasteiger partial charge in [-0.3, -0.25) is 4.79 Å². The molecule has 0 unspecified atom stereocenters. The Morgan fingerprint density at radius 1 is 1.16 bits per heavy atom. The molecule has 0 spiro atoms. The Morgan fingerprint density at radius 2 is 1.95 bits per heavy atom. The lowest BCUT2D eigenvalue weighted by atomic mass is 10.1. The molecule has 0 amide bonds. The SMILES string of the molecule is NCc1c(F)cccc1-n1sc2ccccc2c1=O. The summed E-state index contributed by atoms with van der Waals surface area (Å²) in [6.45, 7) is 0.0582. The molecule has 0 fully saturated rings. The highest BCUT2D eigenvalue weighted by Crippen LogP contribution is 2.23. The largest absolute Gasteiger partial charge is 0.326 e. The Bertz CT molecular complexity index is 807. The Labute approximate surface area is 112 Å². The molecule has 2 aromatic carbocycles. The van der Waals surface area contributed by atoms with Crippen LogP contribution in [0.3, 0.4) is 0 Å². The van der Waals surface area contributed by atoms with Crippen LogP contribution in [0, 0.1) is 5.82 Å². The predicted octanol–water partition coefficient (Wildman–Crippen LogP) is 2.65. The first-order valence-electron chi connectivity index (χ1n) is 5.81. The van der Waals surface area contributed by atoms with E-state index in [9.17, 15) is 9.18 Å². The molecule has 0 aliphatic rings. The molecule has 1 heterocycles. The summed E-state index contributed by atoms with van der Waals surface area (Å²) in [5, 5.41) is 0.639. The minimum absolute atomic E-state index is 0.0582. The van der Waals surface area contributed by atoms with Crippen molar-refractivity contribution in [3.63, 3.8) is 0 Å². The average Bonchev–Trinajstić information content (AvgIpc) is 2.76. The molecule has 0 aliphatic carbocycles. The number of rotatable bonds is 2. The summed E-state index contributed by atoms with van der Waals surface area (Å²) in [7, 11) is 0. The summed E-state index contributed by atoms with van der Waals surface area (Å²) in [6, 6.07) is 12.0. The van der Waals surface area contributed by atoms with E-state index in [-0.39, 0.29) is 17.9 Å². The van der Waals surface area contributed by atoms with Crippen LogP contribution in [-0.4, -0.2) is 3.96 Å². The van der Waals surface area contributed by atoms with Crippen LogP contribution < -0.4 is 11.3 Å². The van der Waals surface area contributed by atoms with Crippen molar-refractivity contribution in [1.29, 1.82) is 0 Å². The van der Waals surface area contributed by atoms with Gasteiger partial charge in [0.05, 0.1) is 15.8 Å². The second-order valence-corrected chi connectivity index (χ2v) is 5.12. The van der Waals surface area contributed by atoms with Gasteiger partial charge in [-0.05, 0) is 24.3 Å². The van der Waals surface area contributed by atoms with Crippen LogP contribution in [0.25, 0.3) is 15.8 Å². The van der Waals surface area contributed by atoms with E-state index in [4.69, 9.17) is 5.73 Å². The first-order valence-corrected chi connectivity index (χ1v) is 6.58. The van der Waals surface area contributed by atoms with Gasteiger partial charge in [-0.2, -0.15) is 0 Å². The summed E-state index contributed by atoms with van der Waals surface area (Å²) in [5.41, 5.74) is 6.32. The lowest BCUT2D eigenvalue weighted by Crippen LogP contribution is -2.15. The predicted molar refractivity (Wildman–Crippen MR) is 75.3 cm³/mol. The molecule has 96 valence electrons. The van der Waals surface area contributed by atoms with E-state index in [1.807, 2.05) is 18.2 Å². The van der Waals surface area contributed by atoms with Gasteiger partial charge in [-0.15, -0.1) is 0 Å². The number of halogens is 1. The Kier molecular flexibility index (Phi) is 2.93. The van der Waals surface area contributed by atoms with Gasteiger partial charge in [-0.25, -0.2) is 8.35 Å². The normalized spacial score (nSPS) is 11.1. The molecular weight excluding hydrogens is 263 g/mol. The summed E-state index contributed by atoms with van der Waals surface area (Å²) in [5.74, 6) is -0.385. The Balaban J connectivity index is 2.34. The maximum atomic E-state index is 13.7. The van der Waals surface area contributed by atoms with E-state index in [2.05, 4.69) is 0 Å². The number of aromatic nitrogens is 1. The van der Waals surface area contributed by atoms with Crippen LogP contribution in [0.4, 0.5) is 4.39 Å². The monoisotopic (exact) mass is 274 g/mol.